The minimum atomic E-state index is -0.272. The third kappa shape index (κ3) is 3.39. The first kappa shape index (κ1) is 16.6. The van der Waals surface area contributed by atoms with E-state index in [-0.39, 0.29) is 17.4 Å². The van der Waals surface area contributed by atoms with Crippen molar-refractivity contribution in [3.8, 4) is 0 Å². The molecule has 1 aliphatic carbocycles. The number of halogens is 1. The summed E-state index contributed by atoms with van der Waals surface area (Å²) >= 11 is 0. The Hall–Kier alpha value is -2.54. The molecular formula is C20H22FN5O. The molecule has 0 bridgehead atoms. The fraction of sp³-hybridized carbons (Fsp3) is 0.450. The summed E-state index contributed by atoms with van der Waals surface area (Å²) in [5.41, 5.74) is 2.67. The van der Waals surface area contributed by atoms with E-state index in [1.165, 1.54) is 25.1 Å². The van der Waals surface area contributed by atoms with Gasteiger partial charge in [-0.05, 0) is 50.4 Å². The Morgan fingerprint density at radius 1 is 1.11 bits per heavy atom. The van der Waals surface area contributed by atoms with Crippen molar-refractivity contribution < 1.29 is 4.39 Å². The molecule has 1 saturated heterocycles. The number of likely N-dealkylation sites (tertiary alicyclic amines) is 1. The number of pyridine rings is 1. The van der Waals surface area contributed by atoms with Crippen LogP contribution in [0.5, 0.6) is 0 Å². The molecule has 1 atom stereocenters. The highest BCUT2D eigenvalue weighted by Crippen LogP contribution is 2.38. The summed E-state index contributed by atoms with van der Waals surface area (Å²) < 4.78 is 16.7. The Kier molecular flexibility index (Phi) is 4.04. The van der Waals surface area contributed by atoms with Crippen molar-refractivity contribution >= 4 is 5.65 Å². The third-order valence-corrected chi connectivity index (χ3v) is 5.60. The Morgan fingerprint density at radius 3 is 2.85 bits per heavy atom. The van der Waals surface area contributed by atoms with Crippen LogP contribution >= 0.6 is 0 Å². The molecule has 1 saturated carbocycles. The highest BCUT2D eigenvalue weighted by molar-refractivity contribution is 5.39. The molecular weight excluding hydrogens is 345 g/mol. The maximum atomic E-state index is 13.4. The molecule has 0 spiro atoms. The maximum absolute atomic E-state index is 13.4. The topological polar surface area (TPSA) is 55.4 Å². The van der Waals surface area contributed by atoms with Gasteiger partial charge in [-0.25, -0.2) is 14.1 Å². The van der Waals surface area contributed by atoms with E-state index in [0.29, 0.717) is 19.0 Å². The Bertz CT molecular complexity index is 1040. The molecule has 2 aliphatic rings. The number of aromatic nitrogens is 4. The van der Waals surface area contributed by atoms with Crippen LogP contribution in [0.15, 0.2) is 41.5 Å². The van der Waals surface area contributed by atoms with E-state index in [0.717, 1.165) is 36.4 Å². The van der Waals surface area contributed by atoms with Gasteiger partial charge in [-0.1, -0.05) is 0 Å². The van der Waals surface area contributed by atoms with Gasteiger partial charge in [-0.15, -0.1) is 0 Å². The largest absolute Gasteiger partial charge is 0.304 e. The van der Waals surface area contributed by atoms with Crippen LogP contribution in [0.4, 0.5) is 4.39 Å². The van der Waals surface area contributed by atoms with E-state index in [1.54, 1.807) is 21.2 Å². The predicted molar refractivity (Wildman–Crippen MR) is 99.1 cm³/mol. The summed E-state index contributed by atoms with van der Waals surface area (Å²) in [5, 5.41) is 4.60. The van der Waals surface area contributed by atoms with Crippen LogP contribution in [0.1, 0.15) is 43.0 Å². The smallest absolute Gasteiger partial charge is 0.266 e. The molecule has 5 rings (SSSR count). The van der Waals surface area contributed by atoms with Crippen molar-refractivity contribution in [2.75, 3.05) is 6.54 Å². The quantitative estimate of drug-likeness (QED) is 0.696. The number of imidazole rings is 1. The second-order valence-corrected chi connectivity index (χ2v) is 7.66. The van der Waals surface area contributed by atoms with Gasteiger partial charge >= 0.3 is 0 Å². The van der Waals surface area contributed by atoms with E-state index in [2.05, 4.69) is 15.0 Å². The Labute approximate surface area is 156 Å². The average Bonchev–Trinajstić information content (AvgIpc) is 3.29. The molecule has 4 heterocycles. The number of fused-ring (bicyclic) bond motifs is 1. The van der Waals surface area contributed by atoms with Gasteiger partial charge < -0.3 is 4.40 Å². The molecule has 3 aromatic rings. The lowest BCUT2D eigenvalue weighted by Crippen LogP contribution is -2.37. The summed E-state index contributed by atoms with van der Waals surface area (Å²) in [7, 11) is 0. The van der Waals surface area contributed by atoms with Gasteiger partial charge in [0.25, 0.3) is 5.56 Å². The van der Waals surface area contributed by atoms with Gasteiger partial charge in [-0.3, -0.25) is 9.69 Å². The third-order valence-electron chi connectivity index (χ3n) is 5.60. The number of rotatable bonds is 5. The summed E-state index contributed by atoms with van der Waals surface area (Å²) in [6.45, 7) is 2.29. The highest BCUT2D eigenvalue weighted by Gasteiger charge is 2.28. The molecule has 6 nitrogen and oxygen atoms in total. The molecule has 0 aromatic carbocycles. The molecule has 2 fully saturated rings. The molecule has 1 aliphatic heterocycles. The van der Waals surface area contributed by atoms with E-state index < -0.39 is 0 Å². The van der Waals surface area contributed by atoms with E-state index in [4.69, 9.17) is 0 Å². The summed E-state index contributed by atoms with van der Waals surface area (Å²) in [6.07, 6.45) is 7.82. The lowest BCUT2D eigenvalue weighted by atomic mass is 10.2. The highest BCUT2D eigenvalue weighted by atomic mass is 19.1. The van der Waals surface area contributed by atoms with Crippen LogP contribution in [-0.4, -0.2) is 36.7 Å². The monoisotopic (exact) mass is 367 g/mol. The second kappa shape index (κ2) is 6.56. The zero-order valence-corrected chi connectivity index (χ0v) is 15.1. The van der Waals surface area contributed by atoms with Gasteiger partial charge in [0.05, 0.1) is 17.9 Å². The van der Waals surface area contributed by atoms with Crippen molar-refractivity contribution in [2.45, 2.75) is 50.7 Å². The molecule has 3 aromatic heterocycles. The van der Waals surface area contributed by atoms with Crippen molar-refractivity contribution in [1.29, 1.82) is 0 Å². The average molecular weight is 367 g/mol. The molecule has 0 amide bonds. The lowest BCUT2D eigenvalue weighted by molar-refractivity contribution is 0.214. The van der Waals surface area contributed by atoms with Gasteiger partial charge in [0.15, 0.2) is 0 Å². The van der Waals surface area contributed by atoms with Crippen molar-refractivity contribution in [3.05, 3.63) is 64.2 Å². The van der Waals surface area contributed by atoms with Crippen LogP contribution in [0.25, 0.3) is 5.65 Å². The number of nitrogens with zero attached hydrogens (tertiary/aromatic N) is 5. The van der Waals surface area contributed by atoms with E-state index >= 15 is 0 Å². The van der Waals surface area contributed by atoms with Crippen molar-refractivity contribution in [1.82, 2.24) is 24.1 Å². The van der Waals surface area contributed by atoms with Crippen LogP contribution in [0.3, 0.4) is 0 Å². The zero-order valence-electron chi connectivity index (χ0n) is 15.1. The fourth-order valence-corrected chi connectivity index (χ4v) is 4.00. The summed E-state index contributed by atoms with van der Waals surface area (Å²) in [5.74, 6) is 0.265. The first-order chi connectivity index (χ1) is 13.2. The number of hydrogen-bond acceptors (Lipinski definition) is 4. The van der Waals surface area contributed by atoms with Crippen LogP contribution in [0.2, 0.25) is 0 Å². The molecule has 27 heavy (non-hydrogen) atoms. The van der Waals surface area contributed by atoms with E-state index in [9.17, 15) is 9.18 Å². The van der Waals surface area contributed by atoms with Crippen LogP contribution in [0, 0.1) is 5.82 Å². The summed E-state index contributed by atoms with van der Waals surface area (Å²) in [6, 6.07) is 6.91. The molecule has 0 N–H and O–H groups in total. The molecule has 7 heteroatoms. The van der Waals surface area contributed by atoms with Gasteiger partial charge in [-0.2, -0.15) is 5.10 Å². The maximum Gasteiger partial charge on any atom is 0.266 e. The van der Waals surface area contributed by atoms with Gasteiger partial charge in [0.2, 0.25) is 0 Å². The fourth-order valence-electron chi connectivity index (χ4n) is 4.00. The SMILES string of the molecule is O=c1ccc(C2CC2)nn1CC1CCCN1Cc1cn2cc(F)ccc2n1. The van der Waals surface area contributed by atoms with Crippen molar-refractivity contribution in [2.24, 2.45) is 0 Å². The minimum Gasteiger partial charge on any atom is -0.304 e. The predicted octanol–water partition coefficient (Wildman–Crippen LogP) is 2.57. The zero-order chi connectivity index (χ0) is 18.4. The first-order valence-electron chi connectivity index (χ1n) is 9.61. The van der Waals surface area contributed by atoms with Gasteiger partial charge in [0.1, 0.15) is 11.5 Å². The number of hydrogen-bond donors (Lipinski definition) is 0. The lowest BCUT2D eigenvalue weighted by Gasteiger charge is -2.23. The second-order valence-electron chi connectivity index (χ2n) is 7.66. The Morgan fingerprint density at radius 2 is 2.00 bits per heavy atom. The molecule has 140 valence electrons. The first-order valence-corrected chi connectivity index (χ1v) is 9.61. The van der Waals surface area contributed by atoms with Crippen molar-refractivity contribution in [3.63, 3.8) is 0 Å². The van der Waals surface area contributed by atoms with Crippen LogP contribution < -0.4 is 5.56 Å². The molecule has 0 radical (unpaired) electrons. The van der Waals surface area contributed by atoms with Gasteiger partial charge in [0, 0.05) is 37.0 Å². The van der Waals surface area contributed by atoms with E-state index in [1.807, 2.05) is 12.3 Å². The van der Waals surface area contributed by atoms with Crippen LogP contribution in [-0.2, 0) is 13.1 Å². The summed E-state index contributed by atoms with van der Waals surface area (Å²) in [4.78, 5) is 19.2. The molecule has 1 unspecified atom stereocenters. The Balaban J connectivity index is 1.34. The minimum absolute atomic E-state index is 0.0329. The normalized spacial score (nSPS) is 20.6. The standard InChI is InChI=1S/C20H22FN5O/c21-15-5-7-19-22-16(12-25(19)10-15)11-24-9-1-2-17(24)13-26-20(27)8-6-18(23-26)14-3-4-14/h5-8,10,12,14,17H,1-4,9,11,13H2.